The summed E-state index contributed by atoms with van der Waals surface area (Å²) in [5.74, 6) is 2.76. The van der Waals surface area contributed by atoms with Crippen LogP contribution >= 0.6 is 11.8 Å². The summed E-state index contributed by atoms with van der Waals surface area (Å²) in [4.78, 5) is 4.49. The second-order valence-electron chi connectivity index (χ2n) is 7.10. The largest absolute Gasteiger partial charge is 0.335 e. The van der Waals surface area contributed by atoms with Gasteiger partial charge in [-0.05, 0) is 38.0 Å². The molecule has 0 spiro atoms. The fraction of sp³-hybridized carbons (Fsp3) is 0.261. The van der Waals surface area contributed by atoms with Crippen LogP contribution in [0.25, 0.3) is 5.69 Å². The SMILES string of the molecule is CCn1ccnc1CSc1nnc(Cc2ccccc2)n1-c1ccc(C)cc1C. The van der Waals surface area contributed by atoms with Gasteiger partial charge in [0.05, 0.1) is 11.4 Å². The lowest BCUT2D eigenvalue weighted by atomic mass is 10.1. The Morgan fingerprint density at radius 1 is 0.966 bits per heavy atom. The Kier molecular flexibility index (Phi) is 5.81. The van der Waals surface area contributed by atoms with Crippen molar-refractivity contribution in [2.24, 2.45) is 0 Å². The normalized spacial score (nSPS) is 11.1. The Balaban J connectivity index is 1.70. The topological polar surface area (TPSA) is 48.5 Å². The highest BCUT2D eigenvalue weighted by Gasteiger charge is 2.17. The minimum atomic E-state index is 0.741. The van der Waals surface area contributed by atoms with E-state index in [0.717, 1.165) is 41.2 Å². The van der Waals surface area contributed by atoms with E-state index < -0.39 is 0 Å². The number of aromatic nitrogens is 5. The number of benzene rings is 2. The van der Waals surface area contributed by atoms with Gasteiger partial charge in [0.1, 0.15) is 11.6 Å². The van der Waals surface area contributed by atoms with E-state index in [1.807, 2.05) is 18.5 Å². The third-order valence-electron chi connectivity index (χ3n) is 4.97. The number of rotatable bonds is 7. The highest BCUT2D eigenvalue weighted by atomic mass is 32.2. The van der Waals surface area contributed by atoms with E-state index in [0.29, 0.717) is 0 Å². The number of thioether (sulfide) groups is 1. The lowest BCUT2D eigenvalue weighted by Crippen LogP contribution is -2.06. The van der Waals surface area contributed by atoms with E-state index >= 15 is 0 Å². The highest BCUT2D eigenvalue weighted by molar-refractivity contribution is 7.98. The van der Waals surface area contributed by atoms with Crippen LogP contribution in [0.2, 0.25) is 0 Å². The van der Waals surface area contributed by atoms with Crippen molar-refractivity contribution in [3.05, 3.63) is 89.3 Å². The molecule has 0 aliphatic rings. The van der Waals surface area contributed by atoms with Crippen molar-refractivity contribution in [1.82, 2.24) is 24.3 Å². The Labute approximate surface area is 175 Å². The van der Waals surface area contributed by atoms with Crippen LogP contribution in [0, 0.1) is 13.8 Å². The summed E-state index contributed by atoms with van der Waals surface area (Å²) < 4.78 is 4.36. The molecule has 2 heterocycles. The zero-order chi connectivity index (χ0) is 20.2. The van der Waals surface area contributed by atoms with Crippen molar-refractivity contribution in [3.63, 3.8) is 0 Å². The van der Waals surface area contributed by atoms with E-state index in [1.165, 1.54) is 16.7 Å². The van der Waals surface area contributed by atoms with Crippen molar-refractivity contribution in [3.8, 4) is 5.69 Å². The van der Waals surface area contributed by atoms with E-state index in [4.69, 9.17) is 0 Å². The Morgan fingerprint density at radius 3 is 2.55 bits per heavy atom. The van der Waals surface area contributed by atoms with Crippen LogP contribution in [-0.4, -0.2) is 24.3 Å². The number of nitrogens with zero attached hydrogens (tertiary/aromatic N) is 5. The quantitative estimate of drug-likeness (QED) is 0.408. The predicted molar refractivity (Wildman–Crippen MR) is 118 cm³/mol. The van der Waals surface area contributed by atoms with Crippen LogP contribution in [0.15, 0.2) is 66.1 Å². The molecular formula is C23H25N5S. The van der Waals surface area contributed by atoms with E-state index in [2.05, 4.69) is 87.6 Å². The fourth-order valence-electron chi connectivity index (χ4n) is 3.48. The maximum atomic E-state index is 4.56. The zero-order valence-corrected chi connectivity index (χ0v) is 17.9. The summed E-state index contributed by atoms with van der Waals surface area (Å²) in [5, 5.41) is 10.0. The van der Waals surface area contributed by atoms with E-state index in [9.17, 15) is 0 Å². The molecule has 2 aromatic carbocycles. The van der Waals surface area contributed by atoms with E-state index in [-0.39, 0.29) is 0 Å². The Morgan fingerprint density at radius 2 is 1.79 bits per heavy atom. The van der Waals surface area contributed by atoms with Gasteiger partial charge in [-0.25, -0.2) is 4.98 Å². The molecule has 0 amide bonds. The van der Waals surface area contributed by atoms with Gasteiger partial charge in [-0.15, -0.1) is 10.2 Å². The summed E-state index contributed by atoms with van der Waals surface area (Å²) in [5.41, 5.74) is 4.83. The molecule has 148 valence electrons. The van der Waals surface area contributed by atoms with Crippen molar-refractivity contribution >= 4 is 11.8 Å². The van der Waals surface area contributed by atoms with Crippen molar-refractivity contribution in [1.29, 1.82) is 0 Å². The zero-order valence-electron chi connectivity index (χ0n) is 17.0. The lowest BCUT2D eigenvalue weighted by molar-refractivity contribution is 0.724. The van der Waals surface area contributed by atoms with Crippen LogP contribution < -0.4 is 0 Å². The first-order valence-electron chi connectivity index (χ1n) is 9.84. The maximum absolute atomic E-state index is 4.56. The van der Waals surface area contributed by atoms with Gasteiger partial charge in [0.25, 0.3) is 0 Å². The molecule has 2 aromatic heterocycles. The maximum Gasteiger partial charge on any atom is 0.196 e. The molecule has 5 nitrogen and oxygen atoms in total. The van der Waals surface area contributed by atoms with Crippen LogP contribution in [0.1, 0.15) is 35.3 Å². The first-order valence-corrected chi connectivity index (χ1v) is 10.8. The van der Waals surface area contributed by atoms with Gasteiger partial charge in [-0.3, -0.25) is 4.57 Å². The molecule has 0 N–H and O–H groups in total. The molecule has 0 aliphatic carbocycles. The second kappa shape index (κ2) is 8.66. The molecule has 29 heavy (non-hydrogen) atoms. The number of imidazole rings is 1. The van der Waals surface area contributed by atoms with Gasteiger partial charge in [-0.2, -0.15) is 0 Å². The molecule has 0 unspecified atom stereocenters. The minimum Gasteiger partial charge on any atom is -0.335 e. The van der Waals surface area contributed by atoms with Crippen LogP contribution in [-0.2, 0) is 18.7 Å². The van der Waals surface area contributed by atoms with Gasteiger partial charge in [0.15, 0.2) is 5.16 Å². The molecule has 6 heteroatoms. The van der Waals surface area contributed by atoms with Gasteiger partial charge in [0.2, 0.25) is 0 Å². The van der Waals surface area contributed by atoms with Gasteiger partial charge < -0.3 is 4.57 Å². The molecule has 0 bridgehead atoms. The van der Waals surface area contributed by atoms with Crippen molar-refractivity contribution in [2.45, 2.75) is 44.6 Å². The highest BCUT2D eigenvalue weighted by Crippen LogP contribution is 2.28. The average molecular weight is 404 g/mol. The molecule has 0 radical (unpaired) electrons. The fourth-order valence-corrected chi connectivity index (χ4v) is 4.41. The smallest absolute Gasteiger partial charge is 0.196 e. The third kappa shape index (κ3) is 4.27. The van der Waals surface area contributed by atoms with Gasteiger partial charge >= 0.3 is 0 Å². The second-order valence-corrected chi connectivity index (χ2v) is 8.05. The van der Waals surface area contributed by atoms with Gasteiger partial charge in [0, 0.05) is 25.4 Å². The molecule has 0 fully saturated rings. The van der Waals surface area contributed by atoms with Gasteiger partial charge in [-0.1, -0.05) is 59.8 Å². The molecule has 0 saturated carbocycles. The number of hydrogen-bond donors (Lipinski definition) is 0. The number of aryl methyl sites for hydroxylation is 3. The summed E-state index contributed by atoms with van der Waals surface area (Å²) in [6, 6.07) is 16.9. The summed E-state index contributed by atoms with van der Waals surface area (Å²) in [7, 11) is 0. The van der Waals surface area contributed by atoms with Crippen LogP contribution in [0.4, 0.5) is 0 Å². The molecule has 0 saturated heterocycles. The molecule has 0 aliphatic heterocycles. The monoisotopic (exact) mass is 403 g/mol. The molecule has 0 atom stereocenters. The summed E-state index contributed by atoms with van der Waals surface area (Å²) in [6.07, 6.45) is 4.62. The summed E-state index contributed by atoms with van der Waals surface area (Å²) >= 11 is 1.68. The standard InChI is InChI=1S/C23H25N5S/c1-4-27-13-12-24-22(27)16-29-23-26-25-21(15-19-8-6-5-7-9-19)28(23)20-11-10-17(2)14-18(20)3/h5-14H,4,15-16H2,1-3H3. The Hall–Kier alpha value is -2.86. The average Bonchev–Trinajstić information content (AvgIpc) is 3.34. The first kappa shape index (κ1) is 19.5. The summed E-state index contributed by atoms with van der Waals surface area (Å²) in [6.45, 7) is 7.31. The molecule has 4 rings (SSSR count). The van der Waals surface area contributed by atoms with Crippen LogP contribution in [0.5, 0.6) is 0 Å². The number of hydrogen-bond acceptors (Lipinski definition) is 4. The predicted octanol–water partition coefficient (Wildman–Crippen LogP) is 4.98. The van der Waals surface area contributed by atoms with E-state index in [1.54, 1.807) is 11.8 Å². The lowest BCUT2D eigenvalue weighted by Gasteiger charge is -2.14. The third-order valence-corrected chi connectivity index (χ3v) is 5.90. The van der Waals surface area contributed by atoms with Crippen molar-refractivity contribution < 1.29 is 0 Å². The minimum absolute atomic E-state index is 0.741. The molecular weight excluding hydrogens is 378 g/mol. The van der Waals surface area contributed by atoms with Crippen LogP contribution in [0.3, 0.4) is 0 Å². The Bertz CT molecular complexity index is 1100. The molecule has 4 aromatic rings. The van der Waals surface area contributed by atoms with Crippen molar-refractivity contribution in [2.75, 3.05) is 0 Å². The first-order chi connectivity index (χ1) is 14.2.